The lowest BCUT2D eigenvalue weighted by Crippen LogP contribution is -2.08. The van der Waals surface area contributed by atoms with Crippen LogP contribution < -0.4 is 0 Å². The van der Waals surface area contributed by atoms with Crippen LogP contribution in [0.5, 0.6) is 0 Å². The Bertz CT molecular complexity index is 395. The Labute approximate surface area is 88.9 Å². The fraction of sp³-hybridized carbons (Fsp3) is 0.222. The molecule has 1 atom stereocenters. The van der Waals surface area contributed by atoms with Gasteiger partial charge in [-0.3, -0.25) is 4.79 Å². The van der Waals surface area contributed by atoms with E-state index in [2.05, 4.69) is 0 Å². The van der Waals surface area contributed by atoms with Crippen LogP contribution >= 0.6 is 11.6 Å². The molecule has 1 aromatic carbocycles. The predicted molar refractivity (Wildman–Crippen MR) is 48.6 cm³/mol. The van der Waals surface area contributed by atoms with E-state index in [0.717, 1.165) is 12.1 Å². The highest BCUT2D eigenvalue weighted by Crippen LogP contribution is 2.29. The average Bonchev–Trinajstić information content (AvgIpc) is 2.11. The van der Waals surface area contributed by atoms with Crippen molar-refractivity contribution in [1.82, 2.24) is 0 Å². The van der Waals surface area contributed by atoms with Gasteiger partial charge in [-0.05, 0) is 12.1 Å². The minimum Gasteiger partial charge on any atom is -0.481 e. The first-order valence-corrected chi connectivity index (χ1v) is 4.34. The number of carboxylic acids is 1. The molecule has 0 unspecified atom stereocenters. The molecule has 0 heterocycles. The van der Waals surface area contributed by atoms with Crippen molar-refractivity contribution in [1.29, 1.82) is 0 Å². The predicted octanol–water partition coefficient (Wildman–Crippen LogP) is 2.13. The number of halogens is 3. The summed E-state index contributed by atoms with van der Waals surface area (Å²) in [5, 5.41) is 17.1. The van der Waals surface area contributed by atoms with Crippen LogP contribution in [0.15, 0.2) is 12.1 Å². The summed E-state index contributed by atoms with van der Waals surface area (Å²) in [6.45, 7) is 0. The molecule has 0 fully saturated rings. The number of aliphatic hydroxyl groups excluding tert-OH is 1. The topological polar surface area (TPSA) is 57.5 Å². The maximum atomic E-state index is 13.1. The van der Waals surface area contributed by atoms with E-state index in [1.54, 1.807) is 0 Å². The van der Waals surface area contributed by atoms with Crippen molar-refractivity contribution in [2.45, 2.75) is 12.5 Å². The molecule has 1 aromatic rings. The van der Waals surface area contributed by atoms with Gasteiger partial charge < -0.3 is 10.2 Å². The van der Waals surface area contributed by atoms with Crippen molar-refractivity contribution in [2.24, 2.45) is 0 Å². The Morgan fingerprint density at radius 1 is 1.40 bits per heavy atom. The van der Waals surface area contributed by atoms with E-state index in [-0.39, 0.29) is 0 Å². The summed E-state index contributed by atoms with van der Waals surface area (Å²) >= 11 is 5.41. The van der Waals surface area contributed by atoms with Gasteiger partial charge in [0.05, 0.1) is 17.5 Å². The Morgan fingerprint density at radius 2 is 1.93 bits per heavy atom. The van der Waals surface area contributed by atoms with Gasteiger partial charge in [0.1, 0.15) is 11.6 Å². The first-order chi connectivity index (χ1) is 6.93. The lowest BCUT2D eigenvalue weighted by Gasteiger charge is -2.11. The van der Waals surface area contributed by atoms with E-state index in [1.807, 2.05) is 0 Å². The van der Waals surface area contributed by atoms with Gasteiger partial charge in [-0.1, -0.05) is 11.6 Å². The van der Waals surface area contributed by atoms with E-state index in [9.17, 15) is 18.7 Å². The van der Waals surface area contributed by atoms with Crippen LogP contribution in [0, 0.1) is 11.6 Å². The number of rotatable bonds is 3. The van der Waals surface area contributed by atoms with Crippen LogP contribution in [-0.4, -0.2) is 16.2 Å². The Morgan fingerprint density at radius 3 is 2.47 bits per heavy atom. The second kappa shape index (κ2) is 4.55. The molecule has 0 saturated heterocycles. The van der Waals surface area contributed by atoms with Crippen LogP contribution in [0.1, 0.15) is 18.1 Å². The fourth-order valence-electron chi connectivity index (χ4n) is 1.12. The van der Waals surface area contributed by atoms with Crippen LogP contribution in [0.25, 0.3) is 0 Å². The zero-order chi connectivity index (χ0) is 11.6. The number of hydrogen-bond acceptors (Lipinski definition) is 2. The molecule has 6 heteroatoms. The molecular formula is C9H7ClF2O3. The molecule has 1 rings (SSSR count). The molecule has 0 aliphatic carbocycles. The van der Waals surface area contributed by atoms with E-state index in [4.69, 9.17) is 16.7 Å². The van der Waals surface area contributed by atoms with E-state index in [1.165, 1.54) is 0 Å². The summed E-state index contributed by atoms with van der Waals surface area (Å²) in [6.07, 6.45) is -2.40. The van der Waals surface area contributed by atoms with Gasteiger partial charge >= 0.3 is 5.97 Å². The Balaban J connectivity index is 3.12. The van der Waals surface area contributed by atoms with Gasteiger partial charge in [0.15, 0.2) is 0 Å². The monoisotopic (exact) mass is 236 g/mol. The minimum atomic E-state index is -1.66. The summed E-state index contributed by atoms with van der Waals surface area (Å²) in [4.78, 5) is 10.3. The standard InChI is InChI=1S/C9H7ClF2O3/c10-9-5(12)2-1-4(11)8(9)6(13)3-7(14)15/h1-2,6,13H,3H2,(H,14,15)/t6-/m1/s1. The Hall–Kier alpha value is -1.20. The summed E-state index contributed by atoms with van der Waals surface area (Å²) in [6, 6.07) is 1.58. The van der Waals surface area contributed by atoms with Gasteiger partial charge in [0, 0.05) is 5.56 Å². The van der Waals surface area contributed by atoms with Crippen molar-refractivity contribution < 1.29 is 23.8 Å². The van der Waals surface area contributed by atoms with Crippen molar-refractivity contribution in [3.63, 3.8) is 0 Å². The number of aliphatic hydroxyl groups is 1. The molecule has 0 radical (unpaired) electrons. The van der Waals surface area contributed by atoms with E-state index in [0.29, 0.717) is 0 Å². The van der Waals surface area contributed by atoms with Crippen LogP contribution in [0.2, 0.25) is 5.02 Å². The molecule has 0 aliphatic heterocycles. The SMILES string of the molecule is O=C(O)C[C@@H](O)c1c(F)ccc(F)c1Cl. The fourth-order valence-corrected chi connectivity index (χ4v) is 1.39. The molecule has 3 nitrogen and oxygen atoms in total. The highest BCUT2D eigenvalue weighted by Gasteiger charge is 2.21. The third-order valence-electron chi connectivity index (χ3n) is 1.78. The largest absolute Gasteiger partial charge is 0.481 e. The average molecular weight is 237 g/mol. The molecule has 0 aliphatic rings. The molecule has 0 saturated carbocycles. The van der Waals surface area contributed by atoms with Crippen LogP contribution in [-0.2, 0) is 4.79 Å². The maximum absolute atomic E-state index is 13.1. The number of benzene rings is 1. The third-order valence-corrected chi connectivity index (χ3v) is 2.16. The summed E-state index contributed by atoms with van der Waals surface area (Å²) in [7, 11) is 0. The van der Waals surface area contributed by atoms with Gasteiger partial charge in [0.2, 0.25) is 0 Å². The van der Waals surface area contributed by atoms with Gasteiger partial charge in [-0.25, -0.2) is 8.78 Å². The molecule has 0 spiro atoms. The van der Waals surface area contributed by atoms with E-state index < -0.39 is 40.7 Å². The zero-order valence-corrected chi connectivity index (χ0v) is 8.13. The summed E-state index contributed by atoms with van der Waals surface area (Å²) < 4.78 is 26.0. The summed E-state index contributed by atoms with van der Waals surface area (Å²) in [5.41, 5.74) is -0.529. The van der Waals surface area contributed by atoms with Crippen molar-refractivity contribution in [3.05, 3.63) is 34.4 Å². The Kier molecular flexibility index (Phi) is 3.60. The second-order valence-electron chi connectivity index (χ2n) is 2.87. The lowest BCUT2D eigenvalue weighted by molar-refractivity contribution is -0.139. The molecule has 0 aromatic heterocycles. The smallest absolute Gasteiger partial charge is 0.306 e. The highest BCUT2D eigenvalue weighted by molar-refractivity contribution is 6.31. The number of hydrogen-bond donors (Lipinski definition) is 2. The highest BCUT2D eigenvalue weighted by atomic mass is 35.5. The molecule has 0 amide bonds. The van der Waals surface area contributed by atoms with Gasteiger partial charge in [-0.2, -0.15) is 0 Å². The van der Waals surface area contributed by atoms with Crippen molar-refractivity contribution in [2.75, 3.05) is 0 Å². The van der Waals surface area contributed by atoms with Crippen LogP contribution in [0.3, 0.4) is 0 Å². The van der Waals surface area contributed by atoms with Crippen molar-refractivity contribution >= 4 is 17.6 Å². The number of carboxylic acid groups (broad SMARTS) is 1. The van der Waals surface area contributed by atoms with Crippen molar-refractivity contribution in [3.8, 4) is 0 Å². The van der Waals surface area contributed by atoms with Gasteiger partial charge in [0.25, 0.3) is 0 Å². The zero-order valence-electron chi connectivity index (χ0n) is 7.38. The van der Waals surface area contributed by atoms with E-state index >= 15 is 0 Å². The number of aliphatic carboxylic acids is 1. The molecule has 0 bridgehead atoms. The molecule has 82 valence electrons. The van der Waals surface area contributed by atoms with Crippen LogP contribution in [0.4, 0.5) is 8.78 Å². The molecular weight excluding hydrogens is 230 g/mol. The lowest BCUT2D eigenvalue weighted by atomic mass is 10.1. The minimum absolute atomic E-state index is 0.529. The first-order valence-electron chi connectivity index (χ1n) is 3.96. The maximum Gasteiger partial charge on any atom is 0.306 e. The summed E-state index contributed by atoms with van der Waals surface area (Å²) in [5.74, 6) is -3.17. The number of carbonyl (C=O) groups is 1. The second-order valence-corrected chi connectivity index (χ2v) is 3.25. The molecule has 15 heavy (non-hydrogen) atoms. The normalized spacial score (nSPS) is 12.5. The van der Waals surface area contributed by atoms with Gasteiger partial charge in [-0.15, -0.1) is 0 Å². The quantitative estimate of drug-likeness (QED) is 0.791. The molecule has 2 N–H and O–H groups in total. The first kappa shape index (κ1) is 11.9. The third kappa shape index (κ3) is 2.64.